The fourth-order valence-electron chi connectivity index (χ4n) is 5.44. The molecule has 0 amide bonds. The molecule has 1 atom stereocenters. The predicted octanol–water partition coefficient (Wildman–Crippen LogP) is 5.28. The summed E-state index contributed by atoms with van der Waals surface area (Å²) in [4.78, 5) is 9.76. The Morgan fingerprint density at radius 3 is 2.59 bits per heavy atom. The molecular weight excluding hydrogens is 332 g/mol. The molecule has 6 rings (SSSR count). The normalized spacial score (nSPS) is 31.3. The third kappa shape index (κ3) is 2.15. The van der Waals surface area contributed by atoms with Crippen molar-refractivity contribution in [1.29, 1.82) is 5.26 Å². The standard InChI is InChI=1S/C23H24N4/c1-22(10-11-22)21-26-19-14-25-18-5-3-2-4-17(18)20(19)27(21)16-6-8-23(9-7-16)12-15(23)13-24/h2-5,14-16H,6-12H2,1H3/t15-,16?,23?/m0/s1. The minimum atomic E-state index is 0.226. The maximum atomic E-state index is 9.32. The number of para-hydroxylation sites is 1. The lowest BCUT2D eigenvalue weighted by Crippen LogP contribution is -2.23. The van der Waals surface area contributed by atoms with Crippen LogP contribution in [0.1, 0.15) is 63.7 Å². The first-order chi connectivity index (χ1) is 13.1. The SMILES string of the molecule is CC1(c2nc3cnc4ccccc4c3n2C2CCC3(CC2)C[C@H]3C#N)CC1. The highest BCUT2D eigenvalue weighted by Crippen LogP contribution is 2.63. The van der Waals surface area contributed by atoms with Crippen LogP contribution in [0.2, 0.25) is 0 Å². The van der Waals surface area contributed by atoms with Gasteiger partial charge in [-0.05, 0) is 56.4 Å². The molecule has 0 saturated heterocycles. The molecular formula is C23H24N4. The summed E-state index contributed by atoms with van der Waals surface area (Å²) < 4.78 is 2.59. The molecule has 3 fully saturated rings. The minimum Gasteiger partial charge on any atom is -0.324 e. The maximum Gasteiger partial charge on any atom is 0.116 e. The van der Waals surface area contributed by atoms with Crippen LogP contribution < -0.4 is 0 Å². The lowest BCUT2D eigenvalue weighted by Gasteiger charge is -2.32. The molecule has 0 aliphatic heterocycles. The smallest absolute Gasteiger partial charge is 0.116 e. The highest BCUT2D eigenvalue weighted by Gasteiger charge is 2.56. The van der Waals surface area contributed by atoms with Gasteiger partial charge in [-0.15, -0.1) is 0 Å². The summed E-state index contributed by atoms with van der Waals surface area (Å²) in [5, 5.41) is 10.5. The van der Waals surface area contributed by atoms with Gasteiger partial charge < -0.3 is 4.57 Å². The van der Waals surface area contributed by atoms with Gasteiger partial charge in [0, 0.05) is 16.8 Å². The molecule has 0 radical (unpaired) electrons. The minimum absolute atomic E-state index is 0.226. The quantitative estimate of drug-likeness (QED) is 0.627. The van der Waals surface area contributed by atoms with Crippen molar-refractivity contribution in [3.63, 3.8) is 0 Å². The summed E-state index contributed by atoms with van der Waals surface area (Å²) in [7, 11) is 0. The second kappa shape index (κ2) is 5.10. The average molecular weight is 356 g/mol. The number of pyridine rings is 1. The van der Waals surface area contributed by atoms with Crippen molar-refractivity contribution in [1.82, 2.24) is 14.5 Å². The number of fused-ring (bicyclic) bond motifs is 3. The van der Waals surface area contributed by atoms with Gasteiger partial charge >= 0.3 is 0 Å². The average Bonchev–Trinajstić information content (AvgIpc) is 3.57. The Morgan fingerprint density at radius 2 is 1.89 bits per heavy atom. The number of imidazole rings is 1. The van der Waals surface area contributed by atoms with Crippen molar-refractivity contribution in [2.75, 3.05) is 0 Å². The van der Waals surface area contributed by atoms with Gasteiger partial charge in [-0.1, -0.05) is 25.1 Å². The van der Waals surface area contributed by atoms with Crippen LogP contribution in [0.15, 0.2) is 30.5 Å². The summed E-state index contributed by atoms with van der Waals surface area (Å²) >= 11 is 0. The Labute approximate surface area is 159 Å². The summed E-state index contributed by atoms with van der Waals surface area (Å²) in [5.41, 5.74) is 3.94. The highest BCUT2D eigenvalue weighted by atomic mass is 15.1. The van der Waals surface area contributed by atoms with Crippen molar-refractivity contribution in [3.05, 3.63) is 36.3 Å². The lowest BCUT2D eigenvalue weighted by atomic mass is 9.81. The van der Waals surface area contributed by atoms with Gasteiger partial charge in [0.1, 0.15) is 11.3 Å². The van der Waals surface area contributed by atoms with Gasteiger partial charge in [0.15, 0.2) is 0 Å². The molecule has 0 bridgehead atoms. The van der Waals surface area contributed by atoms with Crippen LogP contribution in [0.3, 0.4) is 0 Å². The van der Waals surface area contributed by atoms with E-state index in [2.05, 4.69) is 46.8 Å². The van der Waals surface area contributed by atoms with Crippen molar-refractivity contribution >= 4 is 21.9 Å². The van der Waals surface area contributed by atoms with Crippen molar-refractivity contribution in [3.8, 4) is 6.07 Å². The molecule has 1 spiro atoms. The van der Waals surface area contributed by atoms with Crippen molar-refractivity contribution < 1.29 is 0 Å². The molecule has 1 aromatic carbocycles. The van der Waals surface area contributed by atoms with Crippen LogP contribution in [-0.4, -0.2) is 14.5 Å². The zero-order valence-corrected chi connectivity index (χ0v) is 15.8. The highest BCUT2D eigenvalue weighted by molar-refractivity contribution is 6.02. The number of nitriles is 1. The van der Waals surface area contributed by atoms with E-state index in [0.29, 0.717) is 17.4 Å². The van der Waals surface area contributed by atoms with E-state index in [1.54, 1.807) is 0 Å². The fourth-order valence-corrected chi connectivity index (χ4v) is 5.44. The number of rotatable bonds is 2. The molecule has 4 heteroatoms. The molecule has 3 aromatic rings. The van der Waals surface area contributed by atoms with E-state index in [1.165, 1.54) is 55.3 Å². The van der Waals surface area contributed by atoms with E-state index < -0.39 is 0 Å². The Hall–Kier alpha value is -2.41. The number of hydrogen-bond acceptors (Lipinski definition) is 3. The number of aromatic nitrogens is 3. The zero-order valence-electron chi connectivity index (χ0n) is 15.8. The third-order valence-electron chi connectivity index (χ3n) is 7.62. The van der Waals surface area contributed by atoms with Crippen LogP contribution in [-0.2, 0) is 5.41 Å². The first-order valence-electron chi connectivity index (χ1n) is 10.3. The third-order valence-corrected chi connectivity index (χ3v) is 7.62. The van der Waals surface area contributed by atoms with Gasteiger partial charge in [0.2, 0.25) is 0 Å². The molecule has 3 saturated carbocycles. The first kappa shape index (κ1) is 15.6. The van der Waals surface area contributed by atoms with Gasteiger partial charge in [0.05, 0.1) is 29.2 Å². The van der Waals surface area contributed by atoms with Crippen LogP contribution >= 0.6 is 0 Å². The van der Waals surface area contributed by atoms with E-state index in [-0.39, 0.29) is 5.41 Å². The Morgan fingerprint density at radius 1 is 1.11 bits per heavy atom. The molecule has 136 valence electrons. The van der Waals surface area contributed by atoms with Gasteiger partial charge in [-0.2, -0.15) is 5.26 Å². The number of hydrogen-bond donors (Lipinski definition) is 0. The van der Waals surface area contributed by atoms with Gasteiger partial charge in [0.25, 0.3) is 0 Å². The van der Waals surface area contributed by atoms with E-state index in [9.17, 15) is 5.26 Å². The monoisotopic (exact) mass is 356 g/mol. The molecule has 0 unspecified atom stereocenters. The van der Waals surface area contributed by atoms with Crippen LogP contribution in [0.5, 0.6) is 0 Å². The van der Waals surface area contributed by atoms with Crippen LogP contribution in [0.25, 0.3) is 21.9 Å². The van der Waals surface area contributed by atoms with E-state index in [0.717, 1.165) is 17.5 Å². The van der Waals surface area contributed by atoms with Crippen LogP contribution in [0, 0.1) is 22.7 Å². The molecule has 27 heavy (non-hydrogen) atoms. The van der Waals surface area contributed by atoms with E-state index >= 15 is 0 Å². The largest absolute Gasteiger partial charge is 0.324 e. The summed E-state index contributed by atoms with van der Waals surface area (Å²) in [5.74, 6) is 1.58. The van der Waals surface area contributed by atoms with Crippen LogP contribution in [0.4, 0.5) is 0 Å². The topological polar surface area (TPSA) is 54.5 Å². The Balaban J connectivity index is 1.51. The summed E-state index contributed by atoms with van der Waals surface area (Å²) in [6.07, 6.45) is 10.3. The summed E-state index contributed by atoms with van der Waals surface area (Å²) in [6.45, 7) is 2.36. The molecule has 3 aliphatic rings. The Kier molecular flexibility index (Phi) is 2.95. The molecule has 0 N–H and O–H groups in total. The van der Waals surface area contributed by atoms with Crippen molar-refractivity contribution in [2.24, 2.45) is 11.3 Å². The van der Waals surface area contributed by atoms with Gasteiger partial charge in [-0.25, -0.2) is 4.98 Å². The van der Waals surface area contributed by atoms with Crippen molar-refractivity contribution in [2.45, 2.75) is 63.3 Å². The summed E-state index contributed by atoms with van der Waals surface area (Å²) in [6, 6.07) is 11.5. The lowest BCUT2D eigenvalue weighted by molar-refractivity contribution is 0.247. The zero-order chi connectivity index (χ0) is 18.2. The molecule has 2 aromatic heterocycles. The van der Waals surface area contributed by atoms with E-state index in [4.69, 9.17) is 4.98 Å². The second-order valence-electron chi connectivity index (χ2n) is 9.35. The molecule has 3 aliphatic carbocycles. The second-order valence-corrected chi connectivity index (χ2v) is 9.35. The van der Waals surface area contributed by atoms with Gasteiger partial charge in [-0.3, -0.25) is 4.98 Å². The Bertz CT molecular complexity index is 1110. The molecule has 2 heterocycles. The first-order valence-corrected chi connectivity index (χ1v) is 10.3. The molecule has 4 nitrogen and oxygen atoms in total. The number of nitrogens with zero attached hydrogens (tertiary/aromatic N) is 4. The fraction of sp³-hybridized carbons (Fsp3) is 0.522. The maximum absolute atomic E-state index is 9.32. The predicted molar refractivity (Wildman–Crippen MR) is 105 cm³/mol. The van der Waals surface area contributed by atoms with E-state index in [1.807, 2.05) is 6.20 Å². The number of benzene rings is 1.